The molecule has 0 N–H and O–H groups in total. The average molecular weight is 385 g/mol. The first kappa shape index (κ1) is 19.7. The molecule has 0 amide bonds. The fourth-order valence-corrected chi connectivity index (χ4v) is 3.45. The molecule has 0 saturated carbocycles. The Labute approximate surface area is 162 Å². The normalized spacial score (nSPS) is 13.9. The Kier molecular flexibility index (Phi) is 5.02. The molecule has 7 heteroatoms. The summed E-state index contributed by atoms with van der Waals surface area (Å²) in [5.41, 5.74) is 1.83. The molecule has 3 rings (SSSR count). The van der Waals surface area contributed by atoms with Crippen molar-refractivity contribution in [1.29, 1.82) is 0 Å². The van der Waals surface area contributed by atoms with E-state index < -0.39 is 23.6 Å². The van der Waals surface area contributed by atoms with Crippen LogP contribution in [0.2, 0.25) is 0 Å². The number of rotatable bonds is 2. The number of ether oxygens (including phenoxy) is 3. The van der Waals surface area contributed by atoms with E-state index in [1.807, 2.05) is 24.3 Å². The van der Waals surface area contributed by atoms with Gasteiger partial charge in [0, 0.05) is 23.9 Å². The first-order valence-corrected chi connectivity index (χ1v) is 8.91. The Bertz CT molecular complexity index is 1010. The summed E-state index contributed by atoms with van der Waals surface area (Å²) in [6.45, 7) is 5.37. The number of benzene rings is 1. The Morgan fingerprint density at radius 2 is 1.50 bits per heavy atom. The standard InChI is InChI=1S/C21H23NO6/c1-21(2,3)28-20(25)22-16-9-7-6-8-12(16)13-10-14(18(23)26-4)15(11-17(13)22)19(24)27-5/h6-9H,10-11H2,1-5H3. The van der Waals surface area contributed by atoms with Crippen LogP contribution in [0.4, 0.5) is 4.79 Å². The third-order valence-electron chi connectivity index (χ3n) is 4.59. The quantitative estimate of drug-likeness (QED) is 0.583. The summed E-state index contributed by atoms with van der Waals surface area (Å²) in [7, 11) is 2.52. The highest BCUT2D eigenvalue weighted by atomic mass is 16.6. The van der Waals surface area contributed by atoms with Crippen LogP contribution in [0.3, 0.4) is 0 Å². The second-order valence-electron chi connectivity index (χ2n) is 7.55. The minimum absolute atomic E-state index is 0.0698. The van der Waals surface area contributed by atoms with Crippen molar-refractivity contribution < 1.29 is 28.6 Å². The zero-order chi connectivity index (χ0) is 20.6. The number of hydrogen-bond acceptors (Lipinski definition) is 6. The molecule has 2 aromatic rings. The predicted octanol–water partition coefficient (Wildman–Crippen LogP) is 3.17. The van der Waals surface area contributed by atoms with Crippen LogP contribution in [0.15, 0.2) is 35.4 Å². The molecule has 0 bridgehead atoms. The number of para-hydroxylation sites is 1. The van der Waals surface area contributed by atoms with Crippen LogP contribution in [0.25, 0.3) is 10.9 Å². The van der Waals surface area contributed by atoms with E-state index in [1.165, 1.54) is 18.8 Å². The van der Waals surface area contributed by atoms with Crippen LogP contribution in [0.1, 0.15) is 32.0 Å². The Morgan fingerprint density at radius 1 is 0.929 bits per heavy atom. The van der Waals surface area contributed by atoms with E-state index >= 15 is 0 Å². The summed E-state index contributed by atoms with van der Waals surface area (Å²) >= 11 is 0. The summed E-state index contributed by atoms with van der Waals surface area (Å²) in [6.07, 6.45) is -0.293. The number of aromatic nitrogens is 1. The smallest absolute Gasteiger partial charge is 0.419 e. The van der Waals surface area contributed by atoms with Crippen molar-refractivity contribution in [2.75, 3.05) is 14.2 Å². The van der Waals surface area contributed by atoms with Gasteiger partial charge in [0.2, 0.25) is 0 Å². The maximum Gasteiger partial charge on any atom is 0.419 e. The Hall–Kier alpha value is -3.09. The lowest BCUT2D eigenvalue weighted by Gasteiger charge is -2.23. The molecule has 0 radical (unpaired) electrons. The second kappa shape index (κ2) is 7.14. The van der Waals surface area contributed by atoms with Gasteiger partial charge in [0.25, 0.3) is 0 Å². The van der Waals surface area contributed by atoms with Crippen LogP contribution in [0, 0.1) is 0 Å². The molecule has 0 spiro atoms. The van der Waals surface area contributed by atoms with Gasteiger partial charge in [0.1, 0.15) is 5.60 Å². The topological polar surface area (TPSA) is 83.8 Å². The second-order valence-corrected chi connectivity index (χ2v) is 7.55. The highest BCUT2D eigenvalue weighted by molar-refractivity contribution is 6.04. The highest BCUT2D eigenvalue weighted by Gasteiger charge is 2.34. The largest absolute Gasteiger partial charge is 0.466 e. The van der Waals surface area contributed by atoms with E-state index in [1.54, 1.807) is 20.8 Å². The van der Waals surface area contributed by atoms with Crippen molar-refractivity contribution in [2.45, 2.75) is 39.2 Å². The van der Waals surface area contributed by atoms with Crippen LogP contribution < -0.4 is 0 Å². The van der Waals surface area contributed by atoms with Crippen molar-refractivity contribution in [3.63, 3.8) is 0 Å². The zero-order valence-electron chi connectivity index (χ0n) is 16.6. The molecule has 0 unspecified atom stereocenters. The van der Waals surface area contributed by atoms with Gasteiger partial charge in [0.15, 0.2) is 0 Å². The molecule has 148 valence electrons. The lowest BCUT2D eigenvalue weighted by Crippen LogP contribution is -2.29. The van der Waals surface area contributed by atoms with E-state index in [9.17, 15) is 14.4 Å². The van der Waals surface area contributed by atoms with Crippen molar-refractivity contribution >= 4 is 28.9 Å². The van der Waals surface area contributed by atoms with Gasteiger partial charge in [-0.05, 0) is 32.4 Å². The molecular formula is C21H23NO6. The van der Waals surface area contributed by atoms with Crippen molar-refractivity contribution in [1.82, 2.24) is 4.57 Å². The SMILES string of the molecule is COC(=O)C1=C(C(=O)OC)Cc2c(c3ccccc3n2C(=O)OC(C)(C)C)C1. The van der Waals surface area contributed by atoms with Gasteiger partial charge >= 0.3 is 18.0 Å². The van der Waals surface area contributed by atoms with Crippen LogP contribution in [-0.4, -0.2) is 42.4 Å². The fraction of sp³-hybridized carbons (Fsp3) is 0.381. The van der Waals surface area contributed by atoms with Crippen molar-refractivity contribution in [3.8, 4) is 0 Å². The summed E-state index contributed by atoms with van der Waals surface area (Å²) in [5, 5.41) is 0.827. The number of hydrogen-bond donors (Lipinski definition) is 0. The van der Waals surface area contributed by atoms with E-state index in [4.69, 9.17) is 14.2 Å². The van der Waals surface area contributed by atoms with Gasteiger partial charge in [-0.15, -0.1) is 0 Å². The molecule has 0 aliphatic heterocycles. The number of fused-ring (bicyclic) bond motifs is 3. The molecule has 28 heavy (non-hydrogen) atoms. The van der Waals surface area contributed by atoms with Crippen molar-refractivity contribution in [2.24, 2.45) is 0 Å². The predicted molar refractivity (Wildman–Crippen MR) is 102 cm³/mol. The minimum Gasteiger partial charge on any atom is -0.466 e. The van der Waals surface area contributed by atoms with E-state index in [0.29, 0.717) is 11.2 Å². The highest BCUT2D eigenvalue weighted by Crippen LogP contribution is 2.36. The maximum atomic E-state index is 12.9. The summed E-state index contributed by atoms with van der Waals surface area (Å²) in [4.78, 5) is 37.5. The minimum atomic E-state index is -0.678. The monoisotopic (exact) mass is 385 g/mol. The zero-order valence-corrected chi connectivity index (χ0v) is 16.6. The van der Waals surface area contributed by atoms with Gasteiger partial charge in [-0.2, -0.15) is 0 Å². The molecular weight excluding hydrogens is 362 g/mol. The third kappa shape index (κ3) is 3.40. The summed E-state index contributed by atoms with van der Waals surface area (Å²) in [6, 6.07) is 7.38. The number of nitrogens with zero attached hydrogens (tertiary/aromatic N) is 1. The summed E-state index contributed by atoms with van der Waals surface area (Å²) in [5.74, 6) is -1.20. The molecule has 7 nitrogen and oxygen atoms in total. The number of methoxy groups -OCH3 is 2. The number of carbonyl (C=O) groups excluding carboxylic acids is 3. The van der Waals surface area contributed by atoms with Crippen LogP contribution >= 0.6 is 0 Å². The van der Waals surface area contributed by atoms with Crippen LogP contribution in [0.5, 0.6) is 0 Å². The van der Waals surface area contributed by atoms with Crippen LogP contribution in [-0.2, 0) is 36.6 Å². The van der Waals surface area contributed by atoms with Gasteiger partial charge in [-0.25, -0.2) is 19.0 Å². The molecule has 0 atom stereocenters. The molecule has 1 aromatic heterocycles. The molecule has 1 aromatic carbocycles. The van der Waals surface area contributed by atoms with E-state index in [-0.39, 0.29) is 24.0 Å². The van der Waals surface area contributed by atoms with E-state index in [0.717, 1.165) is 10.9 Å². The third-order valence-corrected chi connectivity index (χ3v) is 4.59. The molecule has 1 aliphatic rings. The first-order chi connectivity index (χ1) is 13.2. The van der Waals surface area contributed by atoms with Crippen molar-refractivity contribution in [3.05, 3.63) is 46.7 Å². The van der Waals surface area contributed by atoms with E-state index in [2.05, 4.69) is 0 Å². The lowest BCUT2D eigenvalue weighted by molar-refractivity contribution is -0.139. The summed E-state index contributed by atoms with van der Waals surface area (Å²) < 4.78 is 16.8. The first-order valence-electron chi connectivity index (χ1n) is 8.91. The maximum absolute atomic E-state index is 12.9. The number of esters is 2. The molecule has 1 aliphatic carbocycles. The lowest BCUT2D eigenvalue weighted by atomic mass is 9.88. The molecule has 1 heterocycles. The van der Waals surface area contributed by atoms with Gasteiger partial charge in [0.05, 0.1) is 30.9 Å². The molecule has 0 saturated heterocycles. The fourth-order valence-electron chi connectivity index (χ4n) is 3.45. The Balaban J connectivity index is 2.22. The Morgan fingerprint density at radius 3 is 2.07 bits per heavy atom. The number of carbonyl (C=O) groups is 3. The molecule has 0 fully saturated rings. The van der Waals surface area contributed by atoms with Gasteiger partial charge < -0.3 is 14.2 Å². The van der Waals surface area contributed by atoms with Gasteiger partial charge in [-0.1, -0.05) is 18.2 Å². The average Bonchev–Trinajstić information content (AvgIpc) is 2.98. The van der Waals surface area contributed by atoms with Gasteiger partial charge in [-0.3, -0.25) is 0 Å².